The molecule has 2 N–H and O–H groups in total. The number of aromatic nitrogens is 2. The summed E-state index contributed by atoms with van der Waals surface area (Å²) in [5.74, 6) is 0. The quantitative estimate of drug-likeness (QED) is 0.771. The van der Waals surface area contributed by atoms with Gasteiger partial charge in [0.1, 0.15) is 0 Å². The lowest BCUT2D eigenvalue weighted by molar-refractivity contribution is 0.359. The van der Waals surface area contributed by atoms with E-state index in [1.807, 2.05) is 6.20 Å². The second-order valence-electron chi connectivity index (χ2n) is 4.06. The molecule has 1 saturated heterocycles. The number of rotatable bonds is 3. The van der Waals surface area contributed by atoms with E-state index >= 15 is 0 Å². The summed E-state index contributed by atoms with van der Waals surface area (Å²) in [7, 11) is 0. The first-order valence-electron chi connectivity index (χ1n) is 5.59. The summed E-state index contributed by atoms with van der Waals surface area (Å²) in [6.45, 7) is 4.35. The van der Waals surface area contributed by atoms with Gasteiger partial charge in [0, 0.05) is 37.2 Å². The maximum Gasteiger partial charge on any atom is 0.0753 e. The van der Waals surface area contributed by atoms with Crippen molar-refractivity contribution in [3.8, 4) is 0 Å². The molecule has 0 spiro atoms. The van der Waals surface area contributed by atoms with Crippen molar-refractivity contribution in [2.24, 2.45) is 0 Å². The van der Waals surface area contributed by atoms with Crippen LogP contribution in [0.15, 0.2) is 18.6 Å². The van der Waals surface area contributed by atoms with Crippen molar-refractivity contribution in [1.82, 2.24) is 20.6 Å². The molecule has 1 aromatic heterocycles. The fraction of sp³-hybridized carbons (Fsp3) is 0.636. The molecule has 4 heteroatoms. The Morgan fingerprint density at radius 3 is 3.13 bits per heavy atom. The number of piperidine rings is 1. The summed E-state index contributed by atoms with van der Waals surface area (Å²) in [6, 6.07) is 0.847. The summed E-state index contributed by atoms with van der Waals surface area (Å²) in [5, 5.41) is 6.96. The predicted molar refractivity (Wildman–Crippen MR) is 59.5 cm³/mol. The highest BCUT2D eigenvalue weighted by Gasteiger charge is 2.16. The van der Waals surface area contributed by atoms with Gasteiger partial charge in [0.05, 0.1) is 5.69 Å². The first-order chi connectivity index (χ1) is 7.36. The van der Waals surface area contributed by atoms with Crippen LogP contribution in [0, 0.1) is 0 Å². The SMILES string of the molecule is CC(NC1CCCNC1)c1cnccn1. The third kappa shape index (κ3) is 2.97. The largest absolute Gasteiger partial charge is 0.315 e. The highest BCUT2D eigenvalue weighted by molar-refractivity contribution is 5.01. The fourth-order valence-electron chi connectivity index (χ4n) is 1.97. The molecule has 0 bridgehead atoms. The first kappa shape index (κ1) is 10.5. The molecule has 2 rings (SSSR count). The van der Waals surface area contributed by atoms with Gasteiger partial charge in [-0.2, -0.15) is 0 Å². The van der Waals surface area contributed by atoms with Crippen LogP contribution in [0.3, 0.4) is 0 Å². The van der Waals surface area contributed by atoms with E-state index < -0.39 is 0 Å². The summed E-state index contributed by atoms with van der Waals surface area (Å²) in [5.41, 5.74) is 1.02. The fourth-order valence-corrected chi connectivity index (χ4v) is 1.97. The molecule has 0 amide bonds. The van der Waals surface area contributed by atoms with Crippen LogP contribution in [0.1, 0.15) is 31.5 Å². The van der Waals surface area contributed by atoms with Crippen LogP contribution < -0.4 is 10.6 Å². The molecule has 0 aliphatic carbocycles. The highest BCUT2D eigenvalue weighted by atomic mass is 15.0. The average molecular weight is 206 g/mol. The van der Waals surface area contributed by atoms with Crippen LogP contribution in [0.25, 0.3) is 0 Å². The van der Waals surface area contributed by atoms with Crippen LogP contribution in [0.5, 0.6) is 0 Å². The van der Waals surface area contributed by atoms with Crippen LogP contribution in [-0.4, -0.2) is 29.1 Å². The Balaban J connectivity index is 1.88. The van der Waals surface area contributed by atoms with Crippen LogP contribution in [-0.2, 0) is 0 Å². The third-order valence-corrected chi connectivity index (χ3v) is 2.81. The van der Waals surface area contributed by atoms with Crippen LogP contribution in [0.4, 0.5) is 0 Å². The minimum atomic E-state index is 0.281. The van der Waals surface area contributed by atoms with Gasteiger partial charge in [-0.1, -0.05) is 0 Å². The van der Waals surface area contributed by atoms with Crippen molar-refractivity contribution >= 4 is 0 Å². The lowest BCUT2D eigenvalue weighted by Gasteiger charge is -2.26. The van der Waals surface area contributed by atoms with Crippen molar-refractivity contribution in [2.75, 3.05) is 13.1 Å². The third-order valence-electron chi connectivity index (χ3n) is 2.81. The molecule has 0 aromatic carbocycles. The normalized spacial score (nSPS) is 23.7. The van der Waals surface area contributed by atoms with Crippen molar-refractivity contribution in [2.45, 2.75) is 31.8 Å². The maximum absolute atomic E-state index is 4.30. The molecular formula is C11H18N4. The van der Waals surface area contributed by atoms with E-state index in [4.69, 9.17) is 0 Å². The van der Waals surface area contributed by atoms with Gasteiger partial charge in [-0.15, -0.1) is 0 Å². The second-order valence-corrected chi connectivity index (χ2v) is 4.06. The van der Waals surface area contributed by atoms with Crippen molar-refractivity contribution in [1.29, 1.82) is 0 Å². The Labute approximate surface area is 90.5 Å². The van der Waals surface area contributed by atoms with Gasteiger partial charge in [0.2, 0.25) is 0 Å². The van der Waals surface area contributed by atoms with Gasteiger partial charge in [-0.05, 0) is 26.3 Å². The van der Waals surface area contributed by atoms with E-state index in [1.165, 1.54) is 12.8 Å². The zero-order valence-corrected chi connectivity index (χ0v) is 9.11. The van der Waals surface area contributed by atoms with Crippen molar-refractivity contribution in [3.63, 3.8) is 0 Å². The van der Waals surface area contributed by atoms with Gasteiger partial charge >= 0.3 is 0 Å². The number of nitrogens with zero attached hydrogens (tertiary/aromatic N) is 2. The van der Waals surface area contributed by atoms with Gasteiger partial charge in [-0.3, -0.25) is 9.97 Å². The smallest absolute Gasteiger partial charge is 0.0753 e. The molecule has 0 radical (unpaired) electrons. The maximum atomic E-state index is 4.30. The van der Waals surface area contributed by atoms with E-state index in [0.717, 1.165) is 18.8 Å². The number of hydrogen-bond donors (Lipinski definition) is 2. The van der Waals surface area contributed by atoms with E-state index in [1.54, 1.807) is 12.4 Å². The molecule has 2 atom stereocenters. The average Bonchev–Trinajstić information content (AvgIpc) is 2.31. The Morgan fingerprint density at radius 1 is 1.53 bits per heavy atom. The summed E-state index contributed by atoms with van der Waals surface area (Å²) in [4.78, 5) is 8.38. The zero-order chi connectivity index (χ0) is 10.5. The monoisotopic (exact) mass is 206 g/mol. The molecule has 1 aromatic rings. The van der Waals surface area contributed by atoms with E-state index in [2.05, 4.69) is 27.5 Å². The Hall–Kier alpha value is -1.00. The van der Waals surface area contributed by atoms with E-state index in [-0.39, 0.29) is 6.04 Å². The molecule has 1 aliphatic heterocycles. The highest BCUT2D eigenvalue weighted by Crippen LogP contribution is 2.11. The molecule has 2 heterocycles. The van der Waals surface area contributed by atoms with E-state index in [9.17, 15) is 0 Å². The summed E-state index contributed by atoms with van der Waals surface area (Å²) < 4.78 is 0. The van der Waals surface area contributed by atoms with Gasteiger partial charge in [0.15, 0.2) is 0 Å². The molecule has 0 saturated carbocycles. The topological polar surface area (TPSA) is 49.8 Å². The number of hydrogen-bond acceptors (Lipinski definition) is 4. The Kier molecular flexibility index (Phi) is 3.64. The summed E-state index contributed by atoms with van der Waals surface area (Å²) in [6.07, 6.45) is 7.78. The molecule has 4 nitrogen and oxygen atoms in total. The Bertz CT molecular complexity index is 282. The van der Waals surface area contributed by atoms with Crippen molar-refractivity contribution in [3.05, 3.63) is 24.3 Å². The molecule has 82 valence electrons. The number of nitrogens with one attached hydrogen (secondary N) is 2. The van der Waals surface area contributed by atoms with Crippen LogP contribution in [0.2, 0.25) is 0 Å². The van der Waals surface area contributed by atoms with Gasteiger partial charge in [0.25, 0.3) is 0 Å². The second kappa shape index (κ2) is 5.19. The minimum absolute atomic E-state index is 0.281. The minimum Gasteiger partial charge on any atom is -0.315 e. The molecule has 2 unspecified atom stereocenters. The van der Waals surface area contributed by atoms with Gasteiger partial charge < -0.3 is 10.6 Å². The molecule has 15 heavy (non-hydrogen) atoms. The lowest BCUT2D eigenvalue weighted by atomic mass is 10.1. The van der Waals surface area contributed by atoms with E-state index in [0.29, 0.717) is 6.04 Å². The Morgan fingerprint density at radius 2 is 2.47 bits per heavy atom. The standard InChI is InChI=1S/C11H18N4/c1-9(11-8-13-5-6-14-11)15-10-3-2-4-12-7-10/h5-6,8-10,12,15H,2-4,7H2,1H3. The first-order valence-corrected chi connectivity index (χ1v) is 5.59. The van der Waals surface area contributed by atoms with Crippen LogP contribution >= 0.6 is 0 Å². The lowest BCUT2D eigenvalue weighted by Crippen LogP contribution is -2.44. The molecule has 1 aliphatic rings. The van der Waals surface area contributed by atoms with Crippen molar-refractivity contribution < 1.29 is 0 Å². The zero-order valence-electron chi connectivity index (χ0n) is 9.11. The molecular weight excluding hydrogens is 188 g/mol. The van der Waals surface area contributed by atoms with Gasteiger partial charge in [-0.25, -0.2) is 0 Å². The predicted octanol–water partition coefficient (Wildman–Crippen LogP) is 0.879. The molecule has 1 fully saturated rings. The summed E-state index contributed by atoms with van der Waals surface area (Å²) >= 11 is 0.